The molecule has 3 N–H and O–H groups in total. The minimum Gasteiger partial charge on any atom is -0.377 e. The lowest BCUT2D eigenvalue weighted by Gasteiger charge is -2.31. The fourth-order valence-electron chi connectivity index (χ4n) is 4.89. The van der Waals surface area contributed by atoms with Gasteiger partial charge in [0.25, 0.3) is 5.91 Å². The molecule has 4 heterocycles. The van der Waals surface area contributed by atoms with Crippen LogP contribution in [0.2, 0.25) is 0 Å². The summed E-state index contributed by atoms with van der Waals surface area (Å²) in [6.45, 7) is 3.62. The lowest BCUT2D eigenvalue weighted by Crippen LogP contribution is -2.30. The van der Waals surface area contributed by atoms with Crippen LogP contribution in [0, 0.1) is 0 Å². The fraction of sp³-hybridized carbons (Fsp3) is 0.259. The second kappa shape index (κ2) is 10.2. The number of halogens is 3. The molecule has 1 unspecified atom stereocenters. The van der Waals surface area contributed by atoms with Gasteiger partial charge in [-0.05, 0) is 56.3 Å². The topological polar surface area (TPSA) is 101 Å². The number of nitrogens with one attached hydrogen (secondary N) is 1. The molecule has 4 aromatic rings. The molecule has 1 saturated heterocycles. The van der Waals surface area contributed by atoms with Crippen LogP contribution in [0.15, 0.2) is 67.1 Å². The Morgan fingerprint density at radius 2 is 2.00 bits per heavy atom. The van der Waals surface area contributed by atoms with Crippen molar-refractivity contribution in [2.24, 2.45) is 0 Å². The Hall–Kier alpha value is -4.41. The zero-order valence-corrected chi connectivity index (χ0v) is 20.6. The van der Waals surface area contributed by atoms with E-state index in [9.17, 15) is 18.0 Å². The standard InChI is InChI=1S/C27H26F3N7O/c1-2-13-36-14-5-6-18(16-36)23-21-10-12-33-26(31)37(21)24(35-23)17-8-9-19(20(15-17)27(28,29)30)25(38)34-22-7-3-4-11-32-22/h2-4,7-13,15,18H,5-6,14,16H2,1H3,(H2,31,33)(H,32,34,38). The van der Waals surface area contributed by atoms with Crippen molar-refractivity contribution in [3.8, 4) is 11.4 Å². The molecule has 3 aromatic heterocycles. The van der Waals surface area contributed by atoms with Gasteiger partial charge in [0.2, 0.25) is 5.95 Å². The van der Waals surface area contributed by atoms with Crippen LogP contribution in [-0.2, 0) is 6.18 Å². The van der Waals surface area contributed by atoms with E-state index in [0.29, 0.717) is 5.52 Å². The van der Waals surface area contributed by atoms with E-state index in [1.54, 1.807) is 28.8 Å². The van der Waals surface area contributed by atoms with Crippen molar-refractivity contribution in [1.82, 2.24) is 24.3 Å². The van der Waals surface area contributed by atoms with Gasteiger partial charge in [0.05, 0.1) is 22.3 Å². The number of nitrogens with zero attached hydrogens (tertiary/aromatic N) is 5. The number of rotatable bonds is 5. The van der Waals surface area contributed by atoms with E-state index in [4.69, 9.17) is 10.7 Å². The van der Waals surface area contributed by atoms with Crippen LogP contribution < -0.4 is 11.1 Å². The van der Waals surface area contributed by atoms with Crippen LogP contribution in [0.1, 0.15) is 47.3 Å². The summed E-state index contributed by atoms with van der Waals surface area (Å²) in [6, 6.07) is 10.1. The highest BCUT2D eigenvalue weighted by Gasteiger charge is 2.36. The molecule has 1 atom stereocenters. The number of aromatic nitrogens is 4. The van der Waals surface area contributed by atoms with E-state index < -0.39 is 23.2 Å². The first-order valence-corrected chi connectivity index (χ1v) is 12.2. The van der Waals surface area contributed by atoms with Gasteiger partial charge >= 0.3 is 6.18 Å². The van der Waals surface area contributed by atoms with Crippen molar-refractivity contribution in [1.29, 1.82) is 0 Å². The highest BCUT2D eigenvalue weighted by molar-refractivity contribution is 6.05. The summed E-state index contributed by atoms with van der Waals surface area (Å²) in [5, 5.41) is 2.42. The Bertz CT molecular complexity index is 1500. The highest BCUT2D eigenvalue weighted by atomic mass is 19.4. The van der Waals surface area contributed by atoms with E-state index in [2.05, 4.69) is 20.2 Å². The first-order valence-electron chi connectivity index (χ1n) is 12.2. The number of carbonyl (C=O) groups excluding carboxylic acids is 1. The number of anilines is 2. The number of nitrogens with two attached hydrogens (primary N) is 1. The molecule has 196 valence electrons. The largest absolute Gasteiger partial charge is 0.417 e. The van der Waals surface area contributed by atoms with Gasteiger partial charge < -0.3 is 16.0 Å². The predicted molar refractivity (Wildman–Crippen MR) is 138 cm³/mol. The molecule has 38 heavy (non-hydrogen) atoms. The van der Waals surface area contributed by atoms with E-state index in [1.165, 1.54) is 18.3 Å². The number of hydrogen-bond donors (Lipinski definition) is 2. The zero-order chi connectivity index (χ0) is 26.9. The number of imidazole rings is 1. The fourth-order valence-corrected chi connectivity index (χ4v) is 4.89. The number of piperidine rings is 1. The molecule has 8 nitrogen and oxygen atoms in total. The summed E-state index contributed by atoms with van der Waals surface area (Å²) in [5.74, 6) is -0.342. The lowest BCUT2D eigenvalue weighted by molar-refractivity contribution is -0.137. The van der Waals surface area contributed by atoms with Crippen molar-refractivity contribution in [2.75, 3.05) is 24.1 Å². The molecule has 0 bridgehead atoms. The molecule has 1 aromatic carbocycles. The molecule has 1 aliphatic heterocycles. The average Bonchev–Trinajstić information content (AvgIpc) is 3.30. The van der Waals surface area contributed by atoms with E-state index in [-0.39, 0.29) is 29.1 Å². The maximum absolute atomic E-state index is 14.2. The van der Waals surface area contributed by atoms with E-state index >= 15 is 0 Å². The Kier molecular flexibility index (Phi) is 6.75. The molecule has 5 rings (SSSR count). The molecule has 0 radical (unpaired) electrons. The summed E-state index contributed by atoms with van der Waals surface area (Å²) in [5.41, 5.74) is 6.23. The van der Waals surface area contributed by atoms with Crippen molar-refractivity contribution in [3.63, 3.8) is 0 Å². The Labute approximate surface area is 217 Å². The second-order valence-corrected chi connectivity index (χ2v) is 9.09. The average molecular weight is 522 g/mol. The maximum Gasteiger partial charge on any atom is 0.417 e. The number of nitrogen functional groups attached to an aromatic ring is 1. The third kappa shape index (κ3) is 4.91. The summed E-state index contributed by atoms with van der Waals surface area (Å²) in [4.78, 5) is 27.9. The monoisotopic (exact) mass is 521 g/mol. The number of hydrogen-bond acceptors (Lipinski definition) is 6. The normalized spacial score (nSPS) is 16.3. The number of pyridine rings is 1. The molecule has 0 aliphatic carbocycles. The minimum atomic E-state index is -4.79. The van der Waals surface area contributed by atoms with Crippen LogP contribution in [0.5, 0.6) is 0 Å². The SMILES string of the molecule is CC=CN1CCCC(c2nc(-c3ccc(C(=O)Nc4ccccn4)c(C(F)(F)F)c3)n3c(N)nccc23)C1. The third-order valence-corrected chi connectivity index (χ3v) is 6.54. The molecule has 1 amide bonds. The first-order chi connectivity index (χ1) is 18.3. The summed E-state index contributed by atoms with van der Waals surface area (Å²) in [6.07, 6.45) is 4.08. The molecule has 1 fully saturated rings. The number of carbonyl (C=O) groups is 1. The summed E-state index contributed by atoms with van der Waals surface area (Å²) < 4.78 is 44.1. The van der Waals surface area contributed by atoms with Gasteiger partial charge in [-0.15, -0.1) is 0 Å². The number of amides is 1. The summed E-state index contributed by atoms with van der Waals surface area (Å²) in [7, 11) is 0. The lowest BCUT2D eigenvalue weighted by atomic mass is 9.94. The van der Waals surface area contributed by atoms with E-state index in [1.807, 2.05) is 19.2 Å². The molecule has 1 aliphatic rings. The molecule has 0 saturated carbocycles. The minimum absolute atomic E-state index is 0.0657. The van der Waals surface area contributed by atoms with Gasteiger partial charge in [-0.25, -0.2) is 15.0 Å². The number of fused-ring (bicyclic) bond motifs is 1. The van der Waals surface area contributed by atoms with Crippen LogP contribution >= 0.6 is 0 Å². The Balaban J connectivity index is 1.59. The van der Waals surface area contributed by atoms with E-state index in [0.717, 1.165) is 43.8 Å². The van der Waals surface area contributed by atoms with Crippen molar-refractivity contribution in [2.45, 2.75) is 31.9 Å². The van der Waals surface area contributed by atoms with Crippen molar-refractivity contribution < 1.29 is 18.0 Å². The van der Waals surface area contributed by atoms with Crippen LogP contribution in [0.25, 0.3) is 16.9 Å². The van der Waals surface area contributed by atoms with Crippen molar-refractivity contribution in [3.05, 3.63) is 84.0 Å². The number of alkyl halides is 3. The second-order valence-electron chi connectivity index (χ2n) is 9.09. The predicted octanol–water partition coefficient (Wildman–Crippen LogP) is 5.36. The molecule has 11 heteroatoms. The first kappa shape index (κ1) is 25.2. The van der Waals surface area contributed by atoms with Crippen LogP contribution in [-0.4, -0.2) is 43.2 Å². The van der Waals surface area contributed by atoms with Gasteiger partial charge in [-0.1, -0.05) is 18.2 Å². The van der Waals surface area contributed by atoms with Gasteiger partial charge in [0.1, 0.15) is 11.6 Å². The molecular formula is C27H26F3N7O. The van der Waals surface area contributed by atoms with Gasteiger partial charge in [0, 0.05) is 37.0 Å². The van der Waals surface area contributed by atoms with Gasteiger partial charge in [-0.2, -0.15) is 13.2 Å². The van der Waals surface area contributed by atoms with Crippen LogP contribution in [0.3, 0.4) is 0 Å². The highest BCUT2D eigenvalue weighted by Crippen LogP contribution is 2.38. The maximum atomic E-state index is 14.2. The zero-order valence-electron chi connectivity index (χ0n) is 20.6. The quantitative estimate of drug-likeness (QED) is 0.367. The Morgan fingerprint density at radius 1 is 1.16 bits per heavy atom. The number of benzene rings is 1. The van der Waals surface area contributed by atoms with Crippen LogP contribution in [0.4, 0.5) is 24.9 Å². The number of allylic oxidation sites excluding steroid dienone is 1. The molecular weight excluding hydrogens is 495 g/mol. The van der Waals surface area contributed by atoms with Crippen molar-refractivity contribution >= 4 is 23.2 Å². The smallest absolute Gasteiger partial charge is 0.377 e. The summed E-state index contributed by atoms with van der Waals surface area (Å²) >= 11 is 0. The van der Waals surface area contributed by atoms with Gasteiger partial charge in [0.15, 0.2) is 0 Å². The third-order valence-electron chi connectivity index (χ3n) is 6.54. The Morgan fingerprint density at radius 3 is 2.74 bits per heavy atom. The van der Waals surface area contributed by atoms with Gasteiger partial charge in [-0.3, -0.25) is 9.20 Å². The molecule has 0 spiro atoms. The number of likely N-dealkylation sites (tertiary alicyclic amines) is 1.